The Hall–Kier alpha value is -0.870. The van der Waals surface area contributed by atoms with E-state index in [-0.39, 0.29) is 0 Å². The molecule has 4 heteroatoms. The summed E-state index contributed by atoms with van der Waals surface area (Å²) in [4.78, 5) is 0.338. The van der Waals surface area contributed by atoms with Gasteiger partial charge in [0.1, 0.15) is 0 Å². The van der Waals surface area contributed by atoms with Gasteiger partial charge in [0.2, 0.25) is 10.0 Å². The zero-order valence-electron chi connectivity index (χ0n) is 10.0. The van der Waals surface area contributed by atoms with Gasteiger partial charge in [0.05, 0.1) is 4.90 Å². The van der Waals surface area contributed by atoms with Crippen molar-refractivity contribution in [1.82, 2.24) is 4.72 Å². The number of hydrogen-bond acceptors (Lipinski definition) is 2. The summed E-state index contributed by atoms with van der Waals surface area (Å²) in [5, 5.41) is 0. The summed E-state index contributed by atoms with van der Waals surface area (Å²) in [7, 11) is -3.31. The van der Waals surface area contributed by atoms with Gasteiger partial charge in [-0.1, -0.05) is 32.9 Å². The van der Waals surface area contributed by atoms with Gasteiger partial charge in [-0.2, -0.15) is 0 Å². The molecule has 1 rings (SSSR count). The fourth-order valence-electron chi connectivity index (χ4n) is 1.35. The number of rotatable bonds is 5. The van der Waals surface area contributed by atoms with Crippen molar-refractivity contribution in [2.75, 3.05) is 6.54 Å². The van der Waals surface area contributed by atoms with Crippen molar-refractivity contribution in [2.24, 2.45) is 0 Å². The largest absolute Gasteiger partial charge is 0.240 e. The molecule has 0 aliphatic carbocycles. The molecule has 0 aromatic heterocycles. The topological polar surface area (TPSA) is 46.2 Å². The molecule has 0 aliphatic rings. The molecule has 0 bridgehead atoms. The molecule has 0 amide bonds. The number of nitrogens with one attached hydrogen (secondary N) is 1. The first-order chi connectivity index (χ1) is 7.47. The van der Waals surface area contributed by atoms with Crippen LogP contribution in [0.15, 0.2) is 29.2 Å². The van der Waals surface area contributed by atoms with Gasteiger partial charge in [-0.15, -0.1) is 0 Å². The van der Waals surface area contributed by atoms with Gasteiger partial charge in [0.15, 0.2) is 0 Å². The molecular formula is C12H19NO2S. The molecular weight excluding hydrogens is 222 g/mol. The Kier molecular flexibility index (Phi) is 4.50. The molecule has 0 fully saturated rings. The molecule has 0 spiro atoms. The van der Waals surface area contributed by atoms with Crippen LogP contribution in [-0.2, 0) is 10.0 Å². The van der Waals surface area contributed by atoms with Crippen molar-refractivity contribution >= 4 is 10.0 Å². The minimum absolute atomic E-state index is 0.338. The van der Waals surface area contributed by atoms with Gasteiger partial charge < -0.3 is 0 Å². The van der Waals surface area contributed by atoms with Crippen LogP contribution in [-0.4, -0.2) is 15.0 Å². The molecule has 1 aromatic rings. The Morgan fingerprint density at radius 1 is 1.19 bits per heavy atom. The molecule has 0 atom stereocenters. The summed E-state index contributed by atoms with van der Waals surface area (Å²) in [6.07, 6.45) is 0.795. The van der Waals surface area contributed by atoms with Crippen LogP contribution in [0.3, 0.4) is 0 Å². The van der Waals surface area contributed by atoms with E-state index in [9.17, 15) is 8.42 Å². The second-order valence-corrected chi connectivity index (χ2v) is 5.89. The number of hydrogen-bond donors (Lipinski definition) is 1. The molecule has 1 N–H and O–H groups in total. The smallest absolute Gasteiger partial charge is 0.211 e. The van der Waals surface area contributed by atoms with Crippen molar-refractivity contribution in [3.8, 4) is 0 Å². The summed E-state index contributed by atoms with van der Waals surface area (Å²) in [5.41, 5.74) is 1.15. The molecule has 16 heavy (non-hydrogen) atoms. The summed E-state index contributed by atoms with van der Waals surface area (Å²) in [6.45, 7) is 6.58. The highest BCUT2D eigenvalue weighted by atomic mass is 32.2. The van der Waals surface area contributed by atoms with E-state index in [0.717, 1.165) is 12.0 Å². The molecule has 0 saturated heterocycles. The Morgan fingerprint density at radius 3 is 2.19 bits per heavy atom. The molecule has 1 aromatic carbocycles. The Morgan fingerprint density at radius 2 is 1.75 bits per heavy atom. The average molecular weight is 241 g/mol. The quantitative estimate of drug-likeness (QED) is 0.861. The van der Waals surface area contributed by atoms with Gasteiger partial charge in [-0.25, -0.2) is 13.1 Å². The van der Waals surface area contributed by atoms with Crippen molar-refractivity contribution < 1.29 is 8.42 Å². The van der Waals surface area contributed by atoms with Crippen molar-refractivity contribution in [2.45, 2.75) is 38.0 Å². The highest BCUT2D eigenvalue weighted by molar-refractivity contribution is 7.89. The zero-order valence-corrected chi connectivity index (χ0v) is 10.8. The van der Waals surface area contributed by atoms with Crippen LogP contribution >= 0.6 is 0 Å². The summed E-state index contributed by atoms with van der Waals surface area (Å²) >= 11 is 0. The third-order valence-electron chi connectivity index (χ3n) is 2.40. The second-order valence-electron chi connectivity index (χ2n) is 4.12. The van der Waals surface area contributed by atoms with Crippen LogP contribution in [0.4, 0.5) is 0 Å². The maximum Gasteiger partial charge on any atom is 0.240 e. The molecule has 0 radical (unpaired) electrons. The maximum absolute atomic E-state index is 11.8. The third-order valence-corrected chi connectivity index (χ3v) is 3.88. The molecule has 0 aliphatic heterocycles. The van der Waals surface area contributed by atoms with Gasteiger partial charge >= 0.3 is 0 Å². The van der Waals surface area contributed by atoms with Gasteiger partial charge in [-0.05, 0) is 30.0 Å². The van der Waals surface area contributed by atoms with E-state index in [1.807, 2.05) is 19.1 Å². The normalized spacial score (nSPS) is 12.0. The molecule has 0 unspecified atom stereocenters. The summed E-state index contributed by atoms with van der Waals surface area (Å²) in [5.74, 6) is 0.417. The van der Waals surface area contributed by atoms with E-state index in [4.69, 9.17) is 0 Å². The highest BCUT2D eigenvalue weighted by Crippen LogP contribution is 2.17. The fourth-order valence-corrected chi connectivity index (χ4v) is 2.49. The second kappa shape index (κ2) is 5.46. The first-order valence-electron chi connectivity index (χ1n) is 5.57. The third kappa shape index (κ3) is 3.32. The molecule has 90 valence electrons. The Bertz CT molecular complexity index is 421. The minimum atomic E-state index is -3.31. The van der Waals surface area contributed by atoms with Crippen LogP contribution in [0.2, 0.25) is 0 Å². The lowest BCUT2D eigenvalue weighted by molar-refractivity contribution is 0.580. The standard InChI is InChI=1S/C12H19NO2S/c1-4-9-13-16(14,15)12-7-5-11(6-8-12)10(2)3/h5-8,10,13H,4,9H2,1-3H3. The van der Waals surface area contributed by atoms with Gasteiger partial charge in [0.25, 0.3) is 0 Å². The van der Waals surface area contributed by atoms with E-state index in [2.05, 4.69) is 18.6 Å². The molecule has 0 heterocycles. The van der Waals surface area contributed by atoms with E-state index in [1.54, 1.807) is 12.1 Å². The first kappa shape index (κ1) is 13.2. The van der Waals surface area contributed by atoms with Crippen molar-refractivity contribution in [3.63, 3.8) is 0 Å². The van der Waals surface area contributed by atoms with Gasteiger partial charge in [-0.3, -0.25) is 0 Å². The predicted molar refractivity (Wildman–Crippen MR) is 66.0 cm³/mol. The van der Waals surface area contributed by atoms with E-state index < -0.39 is 10.0 Å². The molecule has 3 nitrogen and oxygen atoms in total. The SMILES string of the molecule is CCCNS(=O)(=O)c1ccc(C(C)C)cc1. The maximum atomic E-state index is 11.8. The van der Waals surface area contributed by atoms with Crippen molar-refractivity contribution in [3.05, 3.63) is 29.8 Å². The monoisotopic (exact) mass is 241 g/mol. The predicted octanol–water partition coefficient (Wildman–Crippen LogP) is 2.50. The van der Waals surface area contributed by atoms with Crippen LogP contribution in [0, 0.1) is 0 Å². The molecule has 0 saturated carbocycles. The lowest BCUT2D eigenvalue weighted by Crippen LogP contribution is -2.24. The summed E-state index contributed by atoms with van der Waals surface area (Å²) in [6, 6.07) is 7.05. The van der Waals surface area contributed by atoms with E-state index >= 15 is 0 Å². The summed E-state index contributed by atoms with van der Waals surface area (Å²) < 4.78 is 26.1. The van der Waals surface area contributed by atoms with Crippen LogP contribution < -0.4 is 4.72 Å². The van der Waals surface area contributed by atoms with E-state index in [0.29, 0.717) is 17.4 Å². The minimum Gasteiger partial charge on any atom is -0.211 e. The lowest BCUT2D eigenvalue weighted by atomic mass is 10.0. The van der Waals surface area contributed by atoms with Gasteiger partial charge in [0, 0.05) is 6.54 Å². The first-order valence-corrected chi connectivity index (χ1v) is 7.05. The van der Waals surface area contributed by atoms with Crippen LogP contribution in [0.25, 0.3) is 0 Å². The van der Waals surface area contributed by atoms with E-state index in [1.165, 1.54) is 0 Å². The average Bonchev–Trinajstić information content (AvgIpc) is 2.26. The van der Waals surface area contributed by atoms with Crippen molar-refractivity contribution in [1.29, 1.82) is 0 Å². The Labute approximate surface area is 97.9 Å². The number of benzene rings is 1. The zero-order chi connectivity index (χ0) is 12.2. The van der Waals surface area contributed by atoms with Crippen LogP contribution in [0.1, 0.15) is 38.7 Å². The Balaban J connectivity index is 2.89. The fraction of sp³-hybridized carbons (Fsp3) is 0.500. The number of sulfonamides is 1. The van der Waals surface area contributed by atoms with Crippen LogP contribution in [0.5, 0.6) is 0 Å². The lowest BCUT2D eigenvalue weighted by Gasteiger charge is -2.08. The highest BCUT2D eigenvalue weighted by Gasteiger charge is 2.12.